The van der Waals surface area contributed by atoms with Gasteiger partial charge in [-0.2, -0.15) is 0 Å². The monoisotopic (exact) mass is 420 g/mol. The lowest BCUT2D eigenvalue weighted by Crippen LogP contribution is -2.48. The lowest BCUT2D eigenvalue weighted by molar-refractivity contribution is -0.117. The lowest BCUT2D eigenvalue weighted by Gasteiger charge is -2.39. The number of rotatable bonds is 5. The summed E-state index contributed by atoms with van der Waals surface area (Å²) in [4.78, 5) is 13.6. The third-order valence-corrected chi connectivity index (χ3v) is 5.85. The Hall–Kier alpha value is -2.94. The highest BCUT2D eigenvalue weighted by molar-refractivity contribution is 7.92. The number of fused-ring (bicyclic) bond motifs is 1. The van der Waals surface area contributed by atoms with E-state index in [1.165, 1.54) is 38.2 Å². The van der Waals surface area contributed by atoms with Gasteiger partial charge in [0.25, 0.3) is 10.0 Å². The molecule has 3 rings (SSSR count). The molecule has 1 aliphatic rings. The average molecular weight is 420 g/mol. The van der Waals surface area contributed by atoms with Crippen molar-refractivity contribution < 1.29 is 27.4 Å². The molecule has 0 bridgehead atoms. The number of ether oxygens (including phenoxy) is 3. The Labute approximate surface area is 170 Å². The minimum atomic E-state index is -3.94. The molecule has 0 saturated carbocycles. The van der Waals surface area contributed by atoms with Crippen LogP contribution in [-0.2, 0) is 14.8 Å². The topological polar surface area (TPSA) is 94.2 Å². The molecule has 1 amide bonds. The zero-order chi connectivity index (χ0) is 21.4. The molecule has 0 radical (unpaired) electrons. The van der Waals surface area contributed by atoms with Crippen LogP contribution in [-0.4, -0.2) is 40.7 Å². The second-order valence-electron chi connectivity index (χ2n) is 7.27. The van der Waals surface area contributed by atoms with Crippen molar-refractivity contribution in [1.29, 1.82) is 0 Å². The minimum absolute atomic E-state index is 0.00340. The van der Waals surface area contributed by atoms with Gasteiger partial charge in [0, 0.05) is 13.0 Å². The number of sulfonamides is 1. The first-order chi connectivity index (χ1) is 13.6. The molecule has 1 heterocycles. The molecular weight excluding hydrogens is 396 g/mol. The summed E-state index contributed by atoms with van der Waals surface area (Å²) in [6.07, 6.45) is 0. The molecule has 0 spiro atoms. The van der Waals surface area contributed by atoms with Crippen LogP contribution >= 0.6 is 0 Å². The number of amides is 1. The van der Waals surface area contributed by atoms with Crippen LogP contribution in [0.5, 0.6) is 17.2 Å². The fraction of sp³-hybridized carbons (Fsp3) is 0.350. The molecule has 0 fully saturated rings. The highest BCUT2D eigenvalue weighted by Crippen LogP contribution is 2.39. The van der Waals surface area contributed by atoms with Crippen molar-refractivity contribution in [3.63, 3.8) is 0 Å². The number of nitrogens with zero attached hydrogens (tertiary/aromatic N) is 1. The number of carbonyl (C=O) groups is 1. The Kier molecular flexibility index (Phi) is 5.36. The van der Waals surface area contributed by atoms with Gasteiger partial charge in [0.2, 0.25) is 5.91 Å². The van der Waals surface area contributed by atoms with Crippen LogP contribution in [0.15, 0.2) is 41.3 Å². The molecule has 1 N–H and O–H groups in total. The number of hydrogen-bond acceptors (Lipinski definition) is 6. The summed E-state index contributed by atoms with van der Waals surface area (Å²) in [6.45, 7) is 5.49. The number of anilines is 2. The van der Waals surface area contributed by atoms with Crippen molar-refractivity contribution >= 4 is 27.3 Å². The first-order valence-electron chi connectivity index (χ1n) is 8.92. The summed E-state index contributed by atoms with van der Waals surface area (Å²) in [5, 5.41) is 0. The molecule has 1 aliphatic heterocycles. The van der Waals surface area contributed by atoms with E-state index in [1.54, 1.807) is 24.3 Å². The molecule has 0 saturated heterocycles. The van der Waals surface area contributed by atoms with Crippen molar-refractivity contribution in [2.24, 2.45) is 0 Å². The number of benzene rings is 2. The average Bonchev–Trinajstić information content (AvgIpc) is 2.66. The summed E-state index contributed by atoms with van der Waals surface area (Å²) >= 11 is 0. The molecule has 0 atom stereocenters. The largest absolute Gasteiger partial charge is 0.497 e. The molecule has 9 heteroatoms. The van der Waals surface area contributed by atoms with Gasteiger partial charge in [-0.05, 0) is 44.2 Å². The molecule has 2 aromatic rings. The first-order valence-corrected chi connectivity index (χ1v) is 10.4. The van der Waals surface area contributed by atoms with E-state index in [2.05, 4.69) is 4.72 Å². The van der Waals surface area contributed by atoms with E-state index in [0.717, 1.165) is 0 Å². The second-order valence-corrected chi connectivity index (χ2v) is 8.95. The molecule has 2 aromatic carbocycles. The van der Waals surface area contributed by atoms with Gasteiger partial charge in [0.1, 0.15) is 22.8 Å². The summed E-state index contributed by atoms with van der Waals surface area (Å²) in [5.74, 6) is 1.12. The summed E-state index contributed by atoms with van der Waals surface area (Å²) in [6, 6.07) is 9.20. The minimum Gasteiger partial charge on any atom is -0.497 e. The van der Waals surface area contributed by atoms with Crippen LogP contribution in [0.1, 0.15) is 20.8 Å². The van der Waals surface area contributed by atoms with Gasteiger partial charge in [-0.15, -0.1) is 0 Å². The Balaban J connectivity index is 1.99. The van der Waals surface area contributed by atoms with Crippen molar-refractivity contribution in [3.05, 3.63) is 36.4 Å². The maximum absolute atomic E-state index is 13.0. The molecule has 0 aliphatic carbocycles. The van der Waals surface area contributed by atoms with E-state index in [4.69, 9.17) is 14.2 Å². The highest BCUT2D eigenvalue weighted by Gasteiger charge is 2.34. The SMILES string of the molecule is COc1ccc(NS(=O)(=O)c2ccc3c(c2)N(C(C)=O)CC(C)(C)O3)c(OC)c1. The quantitative estimate of drug-likeness (QED) is 0.799. The van der Waals surface area contributed by atoms with E-state index >= 15 is 0 Å². The van der Waals surface area contributed by atoms with E-state index < -0.39 is 15.6 Å². The van der Waals surface area contributed by atoms with Gasteiger partial charge in [0.15, 0.2) is 0 Å². The van der Waals surface area contributed by atoms with Crippen molar-refractivity contribution in [2.45, 2.75) is 31.3 Å². The standard InChI is InChI=1S/C20H24N2O6S/c1-13(23)22-12-20(2,3)28-18-9-7-15(11-17(18)22)29(24,25)21-16-8-6-14(26-4)10-19(16)27-5/h6-11,21H,12H2,1-5H3. The van der Waals surface area contributed by atoms with Crippen LogP contribution in [0.2, 0.25) is 0 Å². The van der Waals surface area contributed by atoms with Gasteiger partial charge < -0.3 is 19.1 Å². The molecule has 156 valence electrons. The van der Waals surface area contributed by atoms with Crippen LogP contribution in [0.25, 0.3) is 0 Å². The van der Waals surface area contributed by atoms with E-state index in [9.17, 15) is 13.2 Å². The normalized spacial score (nSPS) is 15.1. The number of carbonyl (C=O) groups excluding carboxylic acids is 1. The van der Waals surface area contributed by atoms with Gasteiger partial charge >= 0.3 is 0 Å². The van der Waals surface area contributed by atoms with Crippen LogP contribution < -0.4 is 23.8 Å². The predicted octanol–water partition coefficient (Wildman–Crippen LogP) is 3.03. The number of hydrogen-bond donors (Lipinski definition) is 1. The molecule has 29 heavy (non-hydrogen) atoms. The zero-order valence-electron chi connectivity index (χ0n) is 17.0. The van der Waals surface area contributed by atoms with Crippen LogP contribution in [0.3, 0.4) is 0 Å². The fourth-order valence-corrected chi connectivity index (χ4v) is 4.21. The van der Waals surface area contributed by atoms with Crippen molar-refractivity contribution in [1.82, 2.24) is 0 Å². The van der Waals surface area contributed by atoms with E-state index in [0.29, 0.717) is 29.5 Å². The van der Waals surface area contributed by atoms with E-state index in [-0.39, 0.29) is 16.5 Å². The van der Waals surface area contributed by atoms with E-state index in [1.807, 2.05) is 13.8 Å². The Morgan fingerprint density at radius 2 is 1.86 bits per heavy atom. The molecular formula is C20H24N2O6S. The highest BCUT2D eigenvalue weighted by atomic mass is 32.2. The fourth-order valence-electron chi connectivity index (χ4n) is 3.12. The first kappa shape index (κ1) is 20.8. The Morgan fingerprint density at radius 3 is 2.48 bits per heavy atom. The van der Waals surface area contributed by atoms with Gasteiger partial charge in [-0.25, -0.2) is 8.42 Å². The molecule has 8 nitrogen and oxygen atoms in total. The molecule has 0 aromatic heterocycles. The third-order valence-electron chi connectivity index (χ3n) is 4.49. The van der Waals surface area contributed by atoms with Gasteiger partial charge in [-0.1, -0.05) is 0 Å². The maximum Gasteiger partial charge on any atom is 0.262 e. The number of nitrogens with one attached hydrogen (secondary N) is 1. The Morgan fingerprint density at radius 1 is 1.14 bits per heavy atom. The third kappa shape index (κ3) is 4.24. The van der Waals surface area contributed by atoms with Crippen LogP contribution in [0, 0.1) is 0 Å². The second kappa shape index (κ2) is 7.47. The predicted molar refractivity (Wildman–Crippen MR) is 110 cm³/mol. The lowest BCUT2D eigenvalue weighted by atomic mass is 10.1. The summed E-state index contributed by atoms with van der Waals surface area (Å²) in [5.41, 5.74) is 0.113. The zero-order valence-corrected chi connectivity index (χ0v) is 17.8. The van der Waals surface area contributed by atoms with Crippen LogP contribution in [0.4, 0.5) is 11.4 Å². The number of methoxy groups -OCH3 is 2. The van der Waals surface area contributed by atoms with Gasteiger partial charge in [0.05, 0.1) is 37.0 Å². The van der Waals surface area contributed by atoms with Crippen molar-refractivity contribution in [3.8, 4) is 17.2 Å². The summed E-state index contributed by atoms with van der Waals surface area (Å²) < 4.78 is 44.8. The summed E-state index contributed by atoms with van der Waals surface area (Å²) in [7, 11) is -0.992. The Bertz CT molecular complexity index is 1050. The maximum atomic E-state index is 13.0. The van der Waals surface area contributed by atoms with Gasteiger partial charge in [-0.3, -0.25) is 9.52 Å². The smallest absolute Gasteiger partial charge is 0.262 e. The molecule has 0 unspecified atom stereocenters. The van der Waals surface area contributed by atoms with Crippen molar-refractivity contribution in [2.75, 3.05) is 30.4 Å².